The molecule has 2 aliphatic rings. The van der Waals surface area contributed by atoms with E-state index < -0.39 is 12.1 Å². The van der Waals surface area contributed by atoms with Gasteiger partial charge in [0.2, 0.25) is 0 Å². The van der Waals surface area contributed by atoms with E-state index in [1.54, 1.807) is 48.5 Å². The van der Waals surface area contributed by atoms with Gasteiger partial charge in [0.25, 0.3) is 11.7 Å². The minimum Gasteiger partial charge on any atom is -0.268 e. The van der Waals surface area contributed by atoms with Crippen molar-refractivity contribution in [3.63, 3.8) is 0 Å². The van der Waals surface area contributed by atoms with Crippen LogP contribution in [0.3, 0.4) is 0 Å². The van der Waals surface area contributed by atoms with Crippen LogP contribution in [0, 0.1) is 0 Å². The van der Waals surface area contributed by atoms with Crippen molar-refractivity contribution >= 4 is 38.4 Å². The molecule has 0 aliphatic carbocycles. The minimum atomic E-state index is -3.50. The number of halogens is 2. The Morgan fingerprint density at radius 2 is 1.74 bits per heavy atom. The Bertz CT molecular complexity index is 1040. The number of nitrogens with zero attached hydrogens (tertiary/aromatic N) is 3. The zero-order valence-corrected chi connectivity index (χ0v) is 12.3. The minimum absolute atomic E-state index is 0.0159. The summed E-state index contributed by atoms with van der Waals surface area (Å²) in [6, 6.07) is 13.4. The summed E-state index contributed by atoms with van der Waals surface area (Å²) in [6.45, 7) is 0. The summed E-state index contributed by atoms with van der Waals surface area (Å²) in [4.78, 5) is 17.3. The lowest BCUT2D eigenvalue weighted by molar-refractivity contribution is -0.812. The summed E-state index contributed by atoms with van der Waals surface area (Å²) < 4.78 is 31.8. The largest absolute Gasteiger partial charge is 0.504 e. The van der Waals surface area contributed by atoms with E-state index in [1.807, 2.05) is 0 Å². The maximum absolute atomic E-state index is 15.1. The molecule has 0 saturated carbocycles. The van der Waals surface area contributed by atoms with Gasteiger partial charge >= 0.3 is 11.3 Å². The van der Waals surface area contributed by atoms with E-state index >= 15 is 8.78 Å². The molecule has 3 heterocycles. The SMILES string of the molecule is O=C1c2ccccc2C2=Nc3sc4ccccc4[n+]3C(F)(F)N12. The fourth-order valence-corrected chi connectivity index (χ4v) is 4.10. The second kappa shape index (κ2) is 3.99. The highest BCUT2D eigenvalue weighted by molar-refractivity contribution is 7.21. The molecule has 0 fully saturated rings. The lowest BCUT2D eigenvalue weighted by Gasteiger charge is -2.24. The Morgan fingerprint density at radius 1 is 1.04 bits per heavy atom. The van der Waals surface area contributed by atoms with E-state index in [0.717, 1.165) is 4.57 Å². The van der Waals surface area contributed by atoms with E-state index in [-0.39, 0.29) is 16.5 Å². The van der Waals surface area contributed by atoms with Crippen molar-refractivity contribution in [2.75, 3.05) is 0 Å². The number of amidine groups is 1. The number of hydrogen-bond acceptors (Lipinski definition) is 3. The van der Waals surface area contributed by atoms with Crippen LogP contribution >= 0.6 is 11.3 Å². The van der Waals surface area contributed by atoms with Gasteiger partial charge in [-0.2, -0.15) is 4.90 Å². The van der Waals surface area contributed by atoms with Gasteiger partial charge in [0.05, 0.1) is 15.8 Å². The summed E-state index contributed by atoms with van der Waals surface area (Å²) in [6.07, 6.45) is -3.50. The number of carbonyl (C=O) groups excluding carboxylic acids is 1. The average Bonchev–Trinajstić information content (AvgIpc) is 3.05. The number of benzene rings is 2. The molecule has 0 spiro atoms. The highest BCUT2D eigenvalue weighted by Crippen LogP contribution is 2.41. The molecule has 0 unspecified atom stereocenters. The van der Waals surface area contributed by atoms with E-state index in [4.69, 9.17) is 0 Å². The molecular formula is C16H8F2N3OS+. The number of fused-ring (bicyclic) bond motifs is 6. The van der Waals surface area contributed by atoms with Crippen LogP contribution in [-0.2, 0) is 6.17 Å². The first kappa shape index (κ1) is 12.8. The summed E-state index contributed by atoms with van der Waals surface area (Å²) in [5.74, 6) is -0.708. The molecule has 112 valence electrons. The van der Waals surface area contributed by atoms with Gasteiger partial charge in [-0.3, -0.25) is 4.79 Å². The number of para-hydroxylation sites is 1. The smallest absolute Gasteiger partial charge is 0.268 e. The lowest BCUT2D eigenvalue weighted by Crippen LogP contribution is -2.64. The van der Waals surface area contributed by atoms with Crippen LogP contribution < -0.4 is 4.57 Å². The predicted molar refractivity (Wildman–Crippen MR) is 81.0 cm³/mol. The van der Waals surface area contributed by atoms with Crippen LogP contribution in [0.25, 0.3) is 10.2 Å². The summed E-state index contributed by atoms with van der Waals surface area (Å²) in [5.41, 5.74) is 1.07. The Kier molecular flexibility index (Phi) is 2.23. The van der Waals surface area contributed by atoms with Crippen LogP contribution in [0.5, 0.6) is 0 Å². The zero-order valence-electron chi connectivity index (χ0n) is 11.5. The maximum atomic E-state index is 15.1. The van der Waals surface area contributed by atoms with E-state index in [2.05, 4.69) is 4.99 Å². The first-order chi connectivity index (χ1) is 11.1. The number of hydrogen-bond donors (Lipinski definition) is 0. The molecule has 0 atom stereocenters. The number of carbonyl (C=O) groups is 1. The molecule has 1 amide bonds. The van der Waals surface area contributed by atoms with Crippen molar-refractivity contribution in [2.24, 2.45) is 4.99 Å². The van der Waals surface area contributed by atoms with Gasteiger partial charge in [0.15, 0.2) is 5.52 Å². The van der Waals surface area contributed by atoms with Gasteiger partial charge in [-0.15, -0.1) is 13.3 Å². The van der Waals surface area contributed by atoms with Crippen molar-refractivity contribution in [1.82, 2.24) is 4.90 Å². The lowest BCUT2D eigenvalue weighted by atomic mass is 10.1. The molecule has 3 aromatic rings. The molecule has 4 nitrogen and oxygen atoms in total. The number of rotatable bonds is 0. The standard InChI is InChI=1S/C16H8F2N3OS/c17-16(18)20-11-7-3-4-8-12(11)23-15(20)19-13-9-5-1-2-6-10(9)14(22)21(13)16/h1-8H/q+1. The topological polar surface area (TPSA) is 36.6 Å². The molecule has 0 radical (unpaired) electrons. The molecule has 7 heteroatoms. The first-order valence-electron chi connectivity index (χ1n) is 6.93. The number of alkyl halides is 2. The third kappa shape index (κ3) is 1.45. The Hall–Kier alpha value is -2.67. The molecule has 5 rings (SSSR count). The quantitative estimate of drug-likeness (QED) is 0.461. The van der Waals surface area contributed by atoms with Crippen LogP contribution in [-0.4, -0.2) is 16.6 Å². The van der Waals surface area contributed by atoms with Gasteiger partial charge in [-0.05, 0) is 40.6 Å². The van der Waals surface area contributed by atoms with Crippen molar-refractivity contribution < 1.29 is 18.1 Å². The van der Waals surface area contributed by atoms with Gasteiger partial charge in [-0.1, -0.05) is 24.3 Å². The Balaban J connectivity index is 1.88. The Morgan fingerprint density at radius 3 is 2.57 bits per heavy atom. The molecule has 2 aromatic carbocycles. The number of aliphatic imine (C=N–C) groups is 1. The van der Waals surface area contributed by atoms with Gasteiger partial charge in [-0.25, -0.2) is 0 Å². The molecule has 0 saturated heterocycles. The number of thiazole rings is 1. The number of aromatic nitrogens is 1. The normalized spacial score (nSPS) is 17.7. The average molecular weight is 328 g/mol. The van der Waals surface area contributed by atoms with Crippen molar-refractivity contribution in [3.05, 3.63) is 59.7 Å². The first-order valence-corrected chi connectivity index (χ1v) is 7.75. The molecule has 23 heavy (non-hydrogen) atoms. The van der Waals surface area contributed by atoms with Crippen molar-refractivity contribution in [3.8, 4) is 0 Å². The van der Waals surface area contributed by atoms with Crippen LogP contribution in [0.4, 0.5) is 13.9 Å². The van der Waals surface area contributed by atoms with E-state index in [0.29, 0.717) is 20.7 Å². The van der Waals surface area contributed by atoms with E-state index in [1.165, 1.54) is 11.3 Å². The predicted octanol–water partition coefficient (Wildman–Crippen LogP) is 3.24. The maximum Gasteiger partial charge on any atom is 0.504 e. The third-order valence-corrected chi connectivity index (χ3v) is 5.07. The van der Waals surface area contributed by atoms with Crippen LogP contribution in [0.2, 0.25) is 0 Å². The van der Waals surface area contributed by atoms with E-state index in [9.17, 15) is 4.79 Å². The fraction of sp³-hybridized carbons (Fsp3) is 0.0625. The second-order valence-corrected chi connectivity index (χ2v) is 6.33. The third-order valence-electron chi connectivity index (χ3n) is 4.05. The monoisotopic (exact) mass is 328 g/mol. The highest BCUT2D eigenvalue weighted by Gasteiger charge is 2.61. The summed E-state index contributed by atoms with van der Waals surface area (Å²) >= 11 is 1.18. The molecule has 2 aliphatic heterocycles. The zero-order chi connectivity index (χ0) is 15.8. The van der Waals surface area contributed by atoms with Gasteiger partial charge < -0.3 is 0 Å². The summed E-state index contributed by atoms with van der Waals surface area (Å²) in [7, 11) is 0. The van der Waals surface area contributed by atoms with Crippen LogP contribution in [0.15, 0.2) is 53.5 Å². The highest BCUT2D eigenvalue weighted by atomic mass is 32.1. The van der Waals surface area contributed by atoms with Crippen LogP contribution in [0.1, 0.15) is 15.9 Å². The Labute approximate surface area is 132 Å². The molecule has 0 bridgehead atoms. The molecule has 0 N–H and O–H groups in total. The van der Waals surface area contributed by atoms with Gasteiger partial charge in [0.1, 0.15) is 0 Å². The van der Waals surface area contributed by atoms with Crippen molar-refractivity contribution in [2.45, 2.75) is 6.17 Å². The molecule has 1 aromatic heterocycles. The second-order valence-electron chi connectivity index (χ2n) is 5.32. The molecular weight excluding hydrogens is 320 g/mol. The fourth-order valence-electron chi connectivity index (χ4n) is 3.06. The summed E-state index contributed by atoms with van der Waals surface area (Å²) in [5, 5.41) is 0.187. The van der Waals surface area contributed by atoms with Gasteiger partial charge in [0, 0.05) is 0 Å². The van der Waals surface area contributed by atoms with Crippen molar-refractivity contribution in [1.29, 1.82) is 0 Å². The number of amides is 1.